The summed E-state index contributed by atoms with van der Waals surface area (Å²) in [6.07, 6.45) is 2.02. The molecule has 4 nitrogen and oxygen atoms in total. The summed E-state index contributed by atoms with van der Waals surface area (Å²) >= 11 is -1.32. The van der Waals surface area contributed by atoms with Gasteiger partial charge in [0.25, 0.3) is 5.88 Å². The average Bonchev–Trinajstić information content (AvgIpc) is 3.13. The SMILES string of the molecule is Cc1ccc2c(c1)[S+]([O-])c1c(oc3ccc(C)cc13)N2c1cccc2c1OCCC2. The number of hydrogen-bond acceptors (Lipinski definition) is 4. The Hall–Kier alpha value is -2.89. The van der Waals surface area contributed by atoms with Gasteiger partial charge in [0, 0.05) is 11.2 Å². The molecule has 0 saturated carbocycles. The molecule has 0 amide bonds. The zero-order valence-electron chi connectivity index (χ0n) is 16.9. The van der Waals surface area contributed by atoms with Gasteiger partial charge < -0.3 is 13.7 Å². The first kappa shape index (κ1) is 17.9. The monoisotopic (exact) mass is 415 g/mol. The van der Waals surface area contributed by atoms with Crippen LogP contribution in [0.5, 0.6) is 5.75 Å². The molecule has 0 fully saturated rings. The maximum atomic E-state index is 13.7. The smallest absolute Gasteiger partial charge is 0.263 e. The van der Waals surface area contributed by atoms with Gasteiger partial charge in [-0.15, -0.1) is 0 Å². The summed E-state index contributed by atoms with van der Waals surface area (Å²) in [5.74, 6) is 1.51. The molecule has 4 aromatic rings. The number of nitrogens with zero attached hydrogens (tertiary/aromatic N) is 1. The van der Waals surface area contributed by atoms with Gasteiger partial charge in [0.2, 0.25) is 4.90 Å². The van der Waals surface area contributed by atoms with Crippen LogP contribution in [0.1, 0.15) is 23.1 Å². The van der Waals surface area contributed by atoms with Crippen LogP contribution in [-0.2, 0) is 17.6 Å². The van der Waals surface area contributed by atoms with Crippen molar-refractivity contribution in [1.29, 1.82) is 0 Å². The van der Waals surface area contributed by atoms with Crippen LogP contribution < -0.4 is 9.64 Å². The van der Waals surface area contributed by atoms with Crippen molar-refractivity contribution in [3.63, 3.8) is 0 Å². The van der Waals surface area contributed by atoms with Gasteiger partial charge in [0.05, 0.1) is 17.7 Å². The number of hydrogen-bond donors (Lipinski definition) is 0. The number of rotatable bonds is 1. The first-order valence-corrected chi connectivity index (χ1v) is 11.4. The minimum atomic E-state index is -1.32. The highest BCUT2D eigenvalue weighted by Crippen LogP contribution is 2.54. The molecule has 3 heterocycles. The van der Waals surface area contributed by atoms with Gasteiger partial charge in [-0.3, -0.25) is 4.90 Å². The second-order valence-electron chi connectivity index (χ2n) is 8.03. The molecule has 0 aliphatic carbocycles. The first-order valence-electron chi connectivity index (χ1n) is 10.2. The summed E-state index contributed by atoms with van der Waals surface area (Å²) in [5.41, 5.74) is 5.97. The lowest BCUT2D eigenvalue weighted by Crippen LogP contribution is -2.23. The van der Waals surface area contributed by atoms with Crippen LogP contribution in [0.4, 0.5) is 17.3 Å². The summed E-state index contributed by atoms with van der Waals surface area (Å²) in [5, 5.41) is 0.909. The molecular formula is C25H21NO3S. The van der Waals surface area contributed by atoms with E-state index in [1.54, 1.807) is 0 Å². The topological polar surface area (TPSA) is 48.7 Å². The summed E-state index contributed by atoms with van der Waals surface area (Å²) in [4.78, 5) is 3.63. The average molecular weight is 416 g/mol. The van der Waals surface area contributed by atoms with Gasteiger partial charge in [0.1, 0.15) is 17.0 Å². The van der Waals surface area contributed by atoms with Crippen molar-refractivity contribution < 1.29 is 13.7 Å². The van der Waals surface area contributed by atoms with Crippen LogP contribution in [0.2, 0.25) is 0 Å². The summed E-state index contributed by atoms with van der Waals surface area (Å²) < 4.78 is 26.2. The van der Waals surface area contributed by atoms with Crippen LogP contribution in [0.25, 0.3) is 11.0 Å². The molecule has 150 valence electrons. The molecule has 5 heteroatoms. The normalized spacial score (nSPS) is 17.3. The Labute approximate surface area is 178 Å². The molecule has 0 radical (unpaired) electrons. The maximum absolute atomic E-state index is 13.7. The second kappa shape index (κ2) is 6.56. The Kier molecular flexibility index (Phi) is 3.92. The van der Waals surface area contributed by atoms with E-state index in [9.17, 15) is 4.55 Å². The third kappa shape index (κ3) is 2.52. The molecule has 0 N–H and O–H groups in total. The molecule has 1 aromatic heterocycles. The minimum Gasteiger partial charge on any atom is -0.606 e. The van der Waals surface area contributed by atoms with Gasteiger partial charge >= 0.3 is 0 Å². The van der Waals surface area contributed by atoms with E-state index in [1.165, 1.54) is 5.56 Å². The molecule has 1 unspecified atom stereocenters. The minimum absolute atomic E-state index is 0.618. The number of furan rings is 1. The maximum Gasteiger partial charge on any atom is 0.263 e. The van der Waals surface area contributed by atoms with Crippen molar-refractivity contribution in [3.05, 3.63) is 71.3 Å². The van der Waals surface area contributed by atoms with E-state index in [1.807, 2.05) is 38.1 Å². The predicted octanol–water partition coefficient (Wildman–Crippen LogP) is 6.32. The van der Waals surface area contributed by atoms with E-state index in [2.05, 4.69) is 35.2 Å². The Balaban J connectivity index is 1.69. The third-order valence-electron chi connectivity index (χ3n) is 5.88. The number of para-hydroxylation sites is 1. The van der Waals surface area contributed by atoms with E-state index in [4.69, 9.17) is 9.15 Å². The van der Waals surface area contributed by atoms with Crippen LogP contribution in [0.15, 0.2) is 68.8 Å². The Morgan fingerprint density at radius 2 is 1.80 bits per heavy atom. The number of benzene rings is 3. The number of ether oxygens (including phenoxy) is 1. The van der Waals surface area contributed by atoms with E-state index < -0.39 is 11.2 Å². The van der Waals surface area contributed by atoms with E-state index in [-0.39, 0.29) is 0 Å². The summed E-state index contributed by atoms with van der Waals surface area (Å²) in [6.45, 7) is 4.78. The van der Waals surface area contributed by atoms with Gasteiger partial charge in [-0.2, -0.15) is 0 Å². The molecule has 6 rings (SSSR count). The lowest BCUT2D eigenvalue weighted by molar-refractivity contribution is 0.289. The fraction of sp³-hybridized carbons (Fsp3) is 0.200. The third-order valence-corrected chi connectivity index (χ3v) is 7.37. The standard InChI is InChI=1S/C25H21NO3S/c1-15-9-11-21-18(13-15)24-25(29-21)26(19-10-8-16(2)14-22(19)30(24)27)20-7-3-5-17-6-4-12-28-23(17)20/h3,5,7-11,13-14H,4,6,12H2,1-2H3. The van der Waals surface area contributed by atoms with Crippen molar-refractivity contribution in [3.8, 4) is 5.75 Å². The van der Waals surface area contributed by atoms with Gasteiger partial charge in [0.15, 0.2) is 4.90 Å². The quantitative estimate of drug-likeness (QED) is 0.341. The largest absolute Gasteiger partial charge is 0.606 e. The molecular weight excluding hydrogens is 394 g/mol. The number of aryl methyl sites for hydroxylation is 3. The molecule has 1 atom stereocenters. The van der Waals surface area contributed by atoms with Crippen LogP contribution in [0.3, 0.4) is 0 Å². The fourth-order valence-corrected chi connectivity index (χ4v) is 5.98. The molecule has 30 heavy (non-hydrogen) atoms. The van der Waals surface area contributed by atoms with Gasteiger partial charge in [-0.1, -0.05) is 29.8 Å². The molecule has 3 aromatic carbocycles. The van der Waals surface area contributed by atoms with Gasteiger partial charge in [-0.05, 0) is 68.1 Å². The van der Waals surface area contributed by atoms with Crippen LogP contribution >= 0.6 is 0 Å². The molecule has 0 bridgehead atoms. The van der Waals surface area contributed by atoms with Gasteiger partial charge in [-0.25, -0.2) is 0 Å². The van der Waals surface area contributed by atoms with Crippen molar-refractivity contribution in [1.82, 2.24) is 0 Å². The lowest BCUT2D eigenvalue weighted by Gasteiger charge is -2.32. The zero-order chi connectivity index (χ0) is 20.4. The van der Waals surface area contributed by atoms with E-state index >= 15 is 0 Å². The number of fused-ring (bicyclic) bond motifs is 5. The first-order chi connectivity index (χ1) is 14.6. The van der Waals surface area contributed by atoms with E-state index in [0.717, 1.165) is 61.9 Å². The predicted molar refractivity (Wildman–Crippen MR) is 119 cm³/mol. The zero-order valence-corrected chi connectivity index (χ0v) is 17.7. The Morgan fingerprint density at radius 1 is 0.967 bits per heavy atom. The van der Waals surface area contributed by atoms with E-state index in [0.29, 0.717) is 12.5 Å². The summed E-state index contributed by atoms with van der Waals surface area (Å²) in [6, 6.07) is 18.4. The second-order valence-corrected chi connectivity index (χ2v) is 9.41. The highest BCUT2D eigenvalue weighted by molar-refractivity contribution is 7.92. The Morgan fingerprint density at radius 3 is 2.70 bits per heavy atom. The fourth-order valence-electron chi connectivity index (χ4n) is 4.46. The number of anilines is 3. The summed E-state index contributed by atoms with van der Waals surface area (Å²) in [7, 11) is 0. The molecule has 0 spiro atoms. The lowest BCUT2D eigenvalue weighted by atomic mass is 10.0. The Bertz CT molecular complexity index is 1310. The van der Waals surface area contributed by atoms with Crippen molar-refractivity contribution in [2.75, 3.05) is 11.5 Å². The molecule has 0 saturated heterocycles. The highest BCUT2D eigenvalue weighted by atomic mass is 32.2. The molecule has 2 aliphatic rings. The van der Waals surface area contributed by atoms with Crippen molar-refractivity contribution >= 4 is 39.4 Å². The highest BCUT2D eigenvalue weighted by Gasteiger charge is 2.41. The van der Waals surface area contributed by atoms with Crippen molar-refractivity contribution in [2.45, 2.75) is 36.5 Å². The van der Waals surface area contributed by atoms with Crippen molar-refractivity contribution in [2.24, 2.45) is 0 Å². The molecule has 2 aliphatic heterocycles. The van der Waals surface area contributed by atoms with Crippen LogP contribution in [0, 0.1) is 13.8 Å². The van der Waals surface area contributed by atoms with Crippen LogP contribution in [-0.4, -0.2) is 11.2 Å².